The molecule has 0 spiro atoms. The maximum atomic E-state index is 9.01. The summed E-state index contributed by atoms with van der Waals surface area (Å²) in [5.41, 5.74) is -0.456. The van der Waals surface area contributed by atoms with E-state index in [2.05, 4.69) is 21.6 Å². The van der Waals surface area contributed by atoms with E-state index in [0.717, 1.165) is 21.6 Å². The predicted molar refractivity (Wildman–Crippen MR) is 72.7 cm³/mol. The fourth-order valence-corrected chi connectivity index (χ4v) is 3.02. The first-order valence-corrected chi connectivity index (χ1v) is 7.05. The number of nitriles is 1. The minimum absolute atomic E-state index is 0.456. The smallest absolute Gasteiger partial charge is 0.208 e. The van der Waals surface area contributed by atoms with Crippen molar-refractivity contribution >= 4 is 28.2 Å². The van der Waals surface area contributed by atoms with Gasteiger partial charge in [-0.1, -0.05) is 23.1 Å². The minimum Gasteiger partial charge on any atom is -0.353 e. The quantitative estimate of drug-likeness (QED) is 0.793. The van der Waals surface area contributed by atoms with Crippen LogP contribution < -0.4 is 10.2 Å². The van der Waals surface area contributed by atoms with Gasteiger partial charge < -0.3 is 10.2 Å². The lowest BCUT2D eigenvalue weighted by molar-refractivity contribution is 0.479. The van der Waals surface area contributed by atoms with E-state index in [0.29, 0.717) is 0 Å². The molecule has 1 rings (SSSR count). The molecule has 0 aliphatic heterocycles. The summed E-state index contributed by atoms with van der Waals surface area (Å²) < 4.78 is 0.949. The zero-order chi connectivity index (χ0) is 12.9. The number of rotatable bonds is 6. The number of hydrogen-bond donors (Lipinski definition) is 1. The molecule has 0 aromatic carbocycles. The van der Waals surface area contributed by atoms with Crippen LogP contribution in [-0.2, 0) is 0 Å². The van der Waals surface area contributed by atoms with Gasteiger partial charge >= 0.3 is 0 Å². The van der Waals surface area contributed by atoms with E-state index in [1.165, 1.54) is 0 Å². The normalized spacial score (nSPS) is 14.1. The van der Waals surface area contributed by atoms with Crippen LogP contribution in [0.25, 0.3) is 0 Å². The van der Waals surface area contributed by atoms with E-state index in [1.807, 2.05) is 33.0 Å². The van der Waals surface area contributed by atoms with Crippen LogP contribution in [0, 0.1) is 11.3 Å². The van der Waals surface area contributed by atoms with E-state index < -0.39 is 5.54 Å². The van der Waals surface area contributed by atoms with Gasteiger partial charge in [-0.05, 0) is 20.4 Å². The highest BCUT2D eigenvalue weighted by Gasteiger charge is 2.20. The Morgan fingerprint density at radius 3 is 2.71 bits per heavy atom. The molecule has 1 unspecified atom stereocenters. The van der Waals surface area contributed by atoms with Crippen molar-refractivity contribution in [3.63, 3.8) is 0 Å². The molecule has 0 aliphatic rings. The molecular formula is C10H17N5S2. The second-order valence-electron chi connectivity index (χ2n) is 4.04. The average Bonchev–Trinajstić information content (AvgIpc) is 2.78. The molecule has 0 bridgehead atoms. The van der Waals surface area contributed by atoms with Crippen LogP contribution in [0.3, 0.4) is 0 Å². The summed E-state index contributed by atoms with van der Waals surface area (Å²) in [6.45, 7) is 1.90. The Morgan fingerprint density at radius 2 is 2.24 bits per heavy atom. The van der Waals surface area contributed by atoms with Crippen molar-refractivity contribution in [2.45, 2.75) is 23.2 Å². The zero-order valence-electron chi connectivity index (χ0n) is 10.5. The van der Waals surface area contributed by atoms with Crippen molar-refractivity contribution in [2.24, 2.45) is 0 Å². The molecule has 1 atom stereocenters. The minimum atomic E-state index is -0.456. The van der Waals surface area contributed by atoms with E-state index in [9.17, 15) is 0 Å². The Kier molecular flexibility index (Phi) is 5.18. The Labute approximate surface area is 110 Å². The van der Waals surface area contributed by atoms with Gasteiger partial charge in [-0.2, -0.15) is 5.26 Å². The molecule has 0 amide bonds. The third-order valence-electron chi connectivity index (χ3n) is 2.40. The van der Waals surface area contributed by atoms with E-state index >= 15 is 0 Å². The highest BCUT2D eigenvalue weighted by Crippen LogP contribution is 2.28. The Morgan fingerprint density at radius 1 is 1.53 bits per heavy atom. The number of thioether (sulfide) groups is 1. The molecule has 1 aromatic heterocycles. The predicted octanol–water partition coefficient (Wildman–Crippen LogP) is 1.59. The van der Waals surface area contributed by atoms with Crippen molar-refractivity contribution in [3.8, 4) is 6.07 Å². The molecule has 0 aliphatic carbocycles. The van der Waals surface area contributed by atoms with Crippen molar-refractivity contribution in [2.75, 3.05) is 31.8 Å². The van der Waals surface area contributed by atoms with Crippen LogP contribution in [0.2, 0.25) is 0 Å². The molecule has 0 radical (unpaired) electrons. The summed E-state index contributed by atoms with van der Waals surface area (Å²) >= 11 is 3.21. The molecule has 1 N–H and O–H groups in total. The first-order chi connectivity index (χ1) is 8.00. The van der Waals surface area contributed by atoms with Crippen molar-refractivity contribution in [1.29, 1.82) is 5.26 Å². The van der Waals surface area contributed by atoms with Crippen LogP contribution in [0.5, 0.6) is 0 Å². The highest BCUT2D eigenvalue weighted by atomic mass is 32.2. The molecule has 1 aromatic rings. The number of anilines is 1. The van der Waals surface area contributed by atoms with Gasteiger partial charge in [0.25, 0.3) is 0 Å². The largest absolute Gasteiger partial charge is 0.353 e. The lowest BCUT2D eigenvalue weighted by Gasteiger charge is -2.19. The summed E-state index contributed by atoms with van der Waals surface area (Å²) in [5, 5.41) is 21.1. The van der Waals surface area contributed by atoms with Crippen molar-refractivity contribution < 1.29 is 0 Å². The van der Waals surface area contributed by atoms with Crippen LogP contribution >= 0.6 is 23.1 Å². The van der Waals surface area contributed by atoms with Gasteiger partial charge in [0.05, 0.1) is 6.07 Å². The Bertz CT molecular complexity index is 398. The summed E-state index contributed by atoms with van der Waals surface area (Å²) in [6, 6.07) is 2.27. The maximum absolute atomic E-state index is 9.01. The molecule has 7 heteroatoms. The number of nitrogens with zero attached hydrogens (tertiary/aromatic N) is 4. The molecule has 94 valence electrons. The lowest BCUT2D eigenvalue weighted by Crippen LogP contribution is -2.38. The van der Waals surface area contributed by atoms with Crippen molar-refractivity contribution in [1.82, 2.24) is 15.5 Å². The van der Waals surface area contributed by atoms with E-state index in [1.54, 1.807) is 23.1 Å². The molecule has 1 heterocycles. The molecule has 17 heavy (non-hydrogen) atoms. The first kappa shape index (κ1) is 14.2. The number of hydrogen-bond acceptors (Lipinski definition) is 7. The van der Waals surface area contributed by atoms with Crippen LogP contribution in [0.15, 0.2) is 4.34 Å². The summed E-state index contributed by atoms with van der Waals surface area (Å²) in [7, 11) is 5.70. The Hall–Kier alpha value is -0.840. The first-order valence-electron chi connectivity index (χ1n) is 5.24. The van der Waals surface area contributed by atoms with Gasteiger partial charge in [0, 0.05) is 19.8 Å². The summed E-state index contributed by atoms with van der Waals surface area (Å²) in [4.78, 5) is 1.94. The van der Waals surface area contributed by atoms with Gasteiger partial charge in [-0.15, -0.1) is 10.2 Å². The third kappa shape index (κ3) is 4.15. The standard InChI is InChI=1S/C10H17N5S2/c1-10(7-11,12-2)5-6-16-9-14-13-8(17-9)15(3)4/h12H,5-6H2,1-4H3. The second-order valence-corrected chi connectivity index (χ2v) is 6.34. The lowest BCUT2D eigenvalue weighted by atomic mass is 10.0. The van der Waals surface area contributed by atoms with E-state index in [-0.39, 0.29) is 0 Å². The SMILES string of the molecule is CNC(C)(C#N)CCSc1nnc(N(C)C)s1. The molecule has 0 saturated heterocycles. The second kappa shape index (κ2) is 6.19. The molecule has 0 saturated carbocycles. The summed E-state index contributed by atoms with van der Waals surface area (Å²) in [6.07, 6.45) is 0.779. The average molecular weight is 271 g/mol. The van der Waals surface area contributed by atoms with Gasteiger partial charge in [0.15, 0.2) is 4.34 Å². The molecule has 0 fully saturated rings. The van der Waals surface area contributed by atoms with Crippen LogP contribution in [-0.4, -0.2) is 42.6 Å². The van der Waals surface area contributed by atoms with Crippen molar-refractivity contribution in [3.05, 3.63) is 0 Å². The fraction of sp³-hybridized carbons (Fsp3) is 0.700. The maximum Gasteiger partial charge on any atom is 0.208 e. The van der Waals surface area contributed by atoms with Crippen LogP contribution in [0.1, 0.15) is 13.3 Å². The van der Waals surface area contributed by atoms with Crippen LogP contribution in [0.4, 0.5) is 5.13 Å². The topological polar surface area (TPSA) is 64.8 Å². The van der Waals surface area contributed by atoms with Gasteiger partial charge in [-0.25, -0.2) is 0 Å². The number of nitrogens with one attached hydrogen (secondary N) is 1. The summed E-state index contributed by atoms with van der Waals surface area (Å²) in [5.74, 6) is 0.854. The molecular weight excluding hydrogens is 254 g/mol. The highest BCUT2D eigenvalue weighted by molar-refractivity contribution is 8.01. The number of aromatic nitrogens is 2. The van der Waals surface area contributed by atoms with Gasteiger partial charge in [0.2, 0.25) is 5.13 Å². The Balaban J connectivity index is 2.43. The third-order valence-corrected chi connectivity index (χ3v) is 4.63. The monoisotopic (exact) mass is 271 g/mol. The molecule has 5 nitrogen and oxygen atoms in total. The van der Waals surface area contributed by atoms with E-state index in [4.69, 9.17) is 5.26 Å². The fourth-order valence-electron chi connectivity index (χ4n) is 1.02. The van der Waals surface area contributed by atoms with Gasteiger partial charge in [-0.3, -0.25) is 0 Å². The zero-order valence-corrected chi connectivity index (χ0v) is 12.2. The van der Waals surface area contributed by atoms with Gasteiger partial charge in [0.1, 0.15) is 5.54 Å².